The largest absolute Gasteiger partial charge is 0.385 e. The van der Waals surface area contributed by atoms with Gasteiger partial charge >= 0.3 is 0 Å². The van der Waals surface area contributed by atoms with Gasteiger partial charge in [-0.25, -0.2) is 0 Å². The van der Waals surface area contributed by atoms with E-state index in [0.29, 0.717) is 6.10 Å². The van der Waals surface area contributed by atoms with Crippen LogP contribution >= 0.6 is 0 Å². The van der Waals surface area contributed by atoms with Crippen molar-refractivity contribution in [3.63, 3.8) is 0 Å². The van der Waals surface area contributed by atoms with Gasteiger partial charge in [0, 0.05) is 71.8 Å². The Kier molecular flexibility index (Phi) is 6.90. The molecule has 0 saturated carbocycles. The summed E-state index contributed by atoms with van der Waals surface area (Å²) in [4.78, 5) is 7.64. The second-order valence-corrected chi connectivity index (χ2v) is 6.74. The van der Waals surface area contributed by atoms with Crippen LogP contribution in [0.5, 0.6) is 0 Å². The van der Waals surface area contributed by atoms with Crippen LogP contribution in [0.25, 0.3) is 0 Å². The van der Waals surface area contributed by atoms with Crippen LogP contribution < -0.4 is 4.90 Å². The summed E-state index contributed by atoms with van der Waals surface area (Å²) in [7, 11) is 1.76. The molecule has 2 aliphatic rings. The van der Waals surface area contributed by atoms with E-state index in [4.69, 9.17) is 9.47 Å². The van der Waals surface area contributed by atoms with Gasteiger partial charge in [-0.05, 0) is 18.6 Å². The number of morpholine rings is 1. The Bertz CT molecular complexity index is 463. The van der Waals surface area contributed by atoms with E-state index in [9.17, 15) is 0 Å². The number of hydrogen-bond donors (Lipinski definition) is 0. The number of ether oxygens (including phenoxy) is 2. The highest BCUT2D eigenvalue weighted by Crippen LogP contribution is 2.15. The molecule has 0 spiro atoms. The van der Waals surface area contributed by atoms with E-state index in [1.807, 2.05) is 0 Å². The molecule has 5 nitrogen and oxygen atoms in total. The van der Waals surface area contributed by atoms with Gasteiger partial charge in [-0.1, -0.05) is 18.2 Å². The fourth-order valence-electron chi connectivity index (χ4n) is 3.56. The van der Waals surface area contributed by atoms with Crippen LogP contribution in [0, 0.1) is 0 Å². The van der Waals surface area contributed by atoms with Gasteiger partial charge in [0.15, 0.2) is 0 Å². The monoisotopic (exact) mass is 333 g/mol. The van der Waals surface area contributed by atoms with Gasteiger partial charge in [-0.3, -0.25) is 9.80 Å². The van der Waals surface area contributed by atoms with Crippen molar-refractivity contribution >= 4 is 5.69 Å². The van der Waals surface area contributed by atoms with Gasteiger partial charge < -0.3 is 14.4 Å². The van der Waals surface area contributed by atoms with Crippen LogP contribution in [-0.4, -0.2) is 88.6 Å². The average molecular weight is 333 g/mol. The Morgan fingerprint density at radius 3 is 2.50 bits per heavy atom. The molecule has 24 heavy (non-hydrogen) atoms. The zero-order valence-electron chi connectivity index (χ0n) is 14.9. The van der Waals surface area contributed by atoms with Crippen LogP contribution in [0.15, 0.2) is 30.3 Å². The summed E-state index contributed by atoms with van der Waals surface area (Å²) in [5.74, 6) is 0. The highest BCUT2D eigenvalue weighted by Gasteiger charge is 2.22. The lowest BCUT2D eigenvalue weighted by Gasteiger charge is -2.38. The first-order valence-electron chi connectivity index (χ1n) is 9.20. The van der Waals surface area contributed by atoms with E-state index >= 15 is 0 Å². The smallest absolute Gasteiger partial charge is 0.0724 e. The molecule has 1 aromatic carbocycles. The van der Waals surface area contributed by atoms with Crippen LogP contribution in [0.3, 0.4) is 0 Å². The summed E-state index contributed by atoms with van der Waals surface area (Å²) in [6, 6.07) is 10.8. The molecule has 2 aliphatic heterocycles. The lowest BCUT2D eigenvalue weighted by Crippen LogP contribution is -2.50. The third-order valence-electron chi connectivity index (χ3n) is 5.09. The molecular formula is C19H31N3O2. The highest BCUT2D eigenvalue weighted by molar-refractivity contribution is 5.46. The number of piperazine rings is 1. The molecule has 1 atom stereocenters. The predicted octanol–water partition coefficient (Wildman–Crippen LogP) is 1.55. The second-order valence-electron chi connectivity index (χ2n) is 6.74. The number of para-hydroxylation sites is 1. The van der Waals surface area contributed by atoms with E-state index in [0.717, 1.165) is 65.4 Å². The average Bonchev–Trinajstić information content (AvgIpc) is 2.66. The summed E-state index contributed by atoms with van der Waals surface area (Å²) in [6.45, 7) is 10.7. The molecule has 0 amide bonds. The Morgan fingerprint density at radius 2 is 1.75 bits per heavy atom. The first-order chi connectivity index (χ1) is 11.8. The van der Waals surface area contributed by atoms with Gasteiger partial charge in [0.05, 0.1) is 12.7 Å². The minimum Gasteiger partial charge on any atom is -0.385 e. The first-order valence-corrected chi connectivity index (χ1v) is 9.20. The molecule has 0 radical (unpaired) electrons. The summed E-state index contributed by atoms with van der Waals surface area (Å²) < 4.78 is 11.0. The summed E-state index contributed by atoms with van der Waals surface area (Å²) in [5, 5.41) is 0. The number of hydrogen-bond acceptors (Lipinski definition) is 5. The maximum absolute atomic E-state index is 5.82. The normalized spacial score (nSPS) is 23.5. The Balaban J connectivity index is 1.36. The Morgan fingerprint density at radius 1 is 1.00 bits per heavy atom. The molecule has 1 aromatic rings. The van der Waals surface area contributed by atoms with Crippen LogP contribution in [0.2, 0.25) is 0 Å². The molecule has 0 unspecified atom stereocenters. The van der Waals surface area contributed by atoms with Crippen molar-refractivity contribution < 1.29 is 9.47 Å². The van der Waals surface area contributed by atoms with Crippen molar-refractivity contribution in [2.24, 2.45) is 0 Å². The molecule has 2 fully saturated rings. The molecule has 0 bridgehead atoms. The molecule has 3 rings (SSSR count). The zero-order valence-corrected chi connectivity index (χ0v) is 14.9. The van der Waals surface area contributed by atoms with Crippen molar-refractivity contribution in [2.75, 3.05) is 77.6 Å². The number of anilines is 1. The standard InChI is InChI=1S/C19H31N3O2/c1-23-15-7-19-17-21(14-16-24-19)9-8-20-10-12-22(13-11-20)18-5-3-2-4-6-18/h2-6,19H,7-17H2,1H3/t19-/m0/s1. The van der Waals surface area contributed by atoms with E-state index < -0.39 is 0 Å². The van der Waals surface area contributed by atoms with Crippen LogP contribution in [-0.2, 0) is 9.47 Å². The van der Waals surface area contributed by atoms with Gasteiger partial charge in [-0.2, -0.15) is 0 Å². The maximum atomic E-state index is 5.82. The minimum absolute atomic E-state index is 0.341. The predicted molar refractivity (Wildman–Crippen MR) is 97.8 cm³/mol. The van der Waals surface area contributed by atoms with E-state index in [1.54, 1.807) is 7.11 Å². The van der Waals surface area contributed by atoms with E-state index in [2.05, 4.69) is 45.0 Å². The summed E-state index contributed by atoms with van der Waals surface area (Å²) in [5.41, 5.74) is 1.35. The fraction of sp³-hybridized carbons (Fsp3) is 0.684. The number of nitrogens with zero attached hydrogens (tertiary/aromatic N) is 3. The highest BCUT2D eigenvalue weighted by atomic mass is 16.5. The molecule has 0 N–H and O–H groups in total. The number of methoxy groups -OCH3 is 1. The maximum Gasteiger partial charge on any atom is 0.0724 e. The van der Waals surface area contributed by atoms with Crippen molar-refractivity contribution in [3.8, 4) is 0 Å². The van der Waals surface area contributed by atoms with E-state index in [1.165, 1.54) is 12.2 Å². The number of benzene rings is 1. The second kappa shape index (κ2) is 9.37. The van der Waals surface area contributed by atoms with Crippen LogP contribution in [0.4, 0.5) is 5.69 Å². The van der Waals surface area contributed by atoms with Crippen molar-refractivity contribution in [1.29, 1.82) is 0 Å². The van der Waals surface area contributed by atoms with Crippen molar-refractivity contribution in [3.05, 3.63) is 30.3 Å². The molecule has 0 aromatic heterocycles. The number of rotatable bonds is 7. The van der Waals surface area contributed by atoms with Gasteiger partial charge in [-0.15, -0.1) is 0 Å². The van der Waals surface area contributed by atoms with Crippen molar-refractivity contribution in [1.82, 2.24) is 9.80 Å². The molecule has 0 aliphatic carbocycles. The third-order valence-corrected chi connectivity index (χ3v) is 5.09. The summed E-state index contributed by atoms with van der Waals surface area (Å²) in [6.07, 6.45) is 1.34. The minimum atomic E-state index is 0.341. The van der Waals surface area contributed by atoms with Gasteiger partial charge in [0.1, 0.15) is 0 Å². The summed E-state index contributed by atoms with van der Waals surface area (Å²) >= 11 is 0. The van der Waals surface area contributed by atoms with Crippen molar-refractivity contribution in [2.45, 2.75) is 12.5 Å². The fourth-order valence-corrected chi connectivity index (χ4v) is 3.56. The lowest BCUT2D eigenvalue weighted by atomic mass is 10.2. The molecule has 5 heteroatoms. The van der Waals surface area contributed by atoms with Gasteiger partial charge in [0.2, 0.25) is 0 Å². The molecule has 2 saturated heterocycles. The van der Waals surface area contributed by atoms with Crippen LogP contribution in [0.1, 0.15) is 6.42 Å². The SMILES string of the molecule is COCC[C@H]1CN(CCN2CCN(c3ccccc3)CC2)CCO1. The topological polar surface area (TPSA) is 28.2 Å². The third kappa shape index (κ3) is 5.18. The molecule has 2 heterocycles. The quantitative estimate of drug-likeness (QED) is 0.755. The van der Waals surface area contributed by atoms with E-state index in [-0.39, 0.29) is 0 Å². The lowest BCUT2D eigenvalue weighted by molar-refractivity contribution is -0.0424. The molecule has 134 valence electrons. The van der Waals surface area contributed by atoms with Gasteiger partial charge in [0.25, 0.3) is 0 Å². The zero-order chi connectivity index (χ0) is 16.6. The first kappa shape index (κ1) is 17.7. The Hall–Kier alpha value is -1.14. The molecular weight excluding hydrogens is 302 g/mol. The Labute approximate surface area is 146 Å².